The van der Waals surface area contributed by atoms with Crippen molar-refractivity contribution in [2.75, 3.05) is 13.1 Å². The van der Waals surface area contributed by atoms with Crippen LogP contribution in [0.4, 0.5) is 0 Å². The van der Waals surface area contributed by atoms with Crippen LogP contribution in [0, 0.1) is 0 Å². The van der Waals surface area contributed by atoms with E-state index in [1.54, 1.807) is 29.3 Å². The Balaban J connectivity index is 2.08. The normalized spacial score (nSPS) is 16.9. The van der Waals surface area contributed by atoms with Gasteiger partial charge < -0.3 is 0 Å². The molecule has 0 aromatic heterocycles. The van der Waals surface area contributed by atoms with Crippen molar-refractivity contribution in [3.05, 3.63) is 34.9 Å². The molecule has 1 N–H and O–H groups in total. The van der Waals surface area contributed by atoms with Crippen LogP contribution in [0.2, 0.25) is 5.02 Å². The molecule has 0 spiro atoms. The molecule has 4 heteroatoms. The highest BCUT2D eigenvalue weighted by Gasteiger charge is 2.16. The van der Waals surface area contributed by atoms with E-state index in [1.807, 2.05) is 0 Å². The van der Waals surface area contributed by atoms with E-state index >= 15 is 0 Å². The highest BCUT2D eigenvalue weighted by atomic mass is 35.5. The van der Waals surface area contributed by atoms with Crippen LogP contribution in [-0.2, 0) is 0 Å². The van der Waals surface area contributed by atoms with Crippen molar-refractivity contribution in [3.63, 3.8) is 0 Å². The molecule has 86 valence electrons. The number of nitrogens with one attached hydrogen (secondary N) is 1. The van der Waals surface area contributed by atoms with Crippen molar-refractivity contribution in [1.82, 2.24) is 10.4 Å². The smallest absolute Gasteiger partial charge is 0.267 e. The maximum absolute atomic E-state index is 12.1. The molecule has 0 atom stereocenters. The van der Waals surface area contributed by atoms with Gasteiger partial charge in [-0.25, -0.2) is 5.43 Å². The number of hydrogen-bond acceptors (Lipinski definition) is 2. The molecule has 1 aromatic rings. The van der Waals surface area contributed by atoms with Crippen molar-refractivity contribution < 1.29 is 4.79 Å². The number of rotatable bonds is 1. The number of carbonyl (C=O) groups excluding carboxylic acids is 1. The van der Waals surface area contributed by atoms with E-state index in [2.05, 4.69) is 5.43 Å². The van der Waals surface area contributed by atoms with E-state index in [1.165, 1.54) is 6.42 Å². The lowest BCUT2D eigenvalue weighted by molar-refractivity contribution is 0.0673. The summed E-state index contributed by atoms with van der Waals surface area (Å²) in [6.07, 6.45) is 3.37. The van der Waals surface area contributed by atoms with E-state index in [0.29, 0.717) is 10.6 Å². The summed E-state index contributed by atoms with van der Waals surface area (Å²) in [5, 5.41) is 2.36. The fourth-order valence-corrected chi connectivity index (χ4v) is 1.91. The second kappa shape index (κ2) is 5.32. The molecule has 1 amide bonds. The monoisotopic (exact) mass is 238 g/mol. The van der Waals surface area contributed by atoms with E-state index in [-0.39, 0.29) is 5.91 Å². The van der Waals surface area contributed by atoms with Crippen LogP contribution in [0.5, 0.6) is 0 Å². The lowest BCUT2D eigenvalue weighted by Crippen LogP contribution is -2.42. The third kappa shape index (κ3) is 2.74. The second-order valence-corrected chi connectivity index (χ2v) is 4.37. The van der Waals surface area contributed by atoms with Crippen LogP contribution in [0.3, 0.4) is 0 Å². The Hall–Kier alpha value is -1.06. The molecule has 0 aliphatic carbocycles. The van der Waals surface area contributed by atoms with Gasteiger partial charge in [0.05, 0.1) is 0 Å². The van der Waals surface area contributed by atoms with Gasteiger partial charge in [0.2, 0.25) is 0 Å². The Labute approximate surface area is 100 Å². The summed E-state index contributed by atoms with van der Waals surface area (Å²) in [6.45, 7) is 1.65. The Morgan fingerprint density at radius 1 is 1.19 bits per heavy atom. The third-order valence-corrected chi connectivity index (χ3v) is 2.95. The summed E-state index contributed by atoms with van der Waals surface area (Å²) < 4.78 is 0. The van der Waals surface area contributed by atoms with Gasteiger partial charge in [0.25, 0.3) is 5.91 Å². The zero-order chi connectivity index (χ0) is 11.4. The summed E-state index contributed by atoms with van der Waals surface area (Å²) in [5.41, 5.74) is 3.82. The number of halogens is 1. The molecule has 3 nitrogen and oxygen atoms in total. The van der Waals surface area contributed by atoms with E-state index in [0.717, 1.165) is 25.9 Å². The van der Waals surface area contributed by atoms with Crippen LogP contribution >= 0.6 is 11.6 Å². The van der Waals surface area contributed by atoms with E-state index in [9.17, 15) is 4.79 Å². The van der Waals surface area contributed by atoms with Crippen LogP contribution in [0.15, 0.2) is 24.3 Å². The van der Waals surface area contributed by atoms with Crippen LogP contribution in [0.1, 0.15) is 29.6 Å². The van der Waals surface area contributed by atoms with E-state index < -0.39 is 0 Å². The minimum atomic E-state index is 0.0265. The molecular weight excluding hydrogens is 224 g/mol. The standard InChI is InChI=1S/C12H15ClN2O/c13-11-6-4-10(5-7-11)12(16)15-9-3-1-2-8-14-15/h4-7,14H,1-3,8-9H2. The average Bonchev–Trinajstić information content (AvgIpc) is 2.57. The predicted molar refractivity (Wildman–Crippen MR) is 64.3 cm³/mol. The fourth-order valence-electron chi connectivity index (χ4n) is 1.79. The maximum atomic E-state index is 12.1. The largest absolute Gasteiger partial charge is 0.274 e. The quantitative estimate of drug-likeness (QED) is 0.815. The minimum absolute atomic E-state index is 0.0265. The van der Waals surface area contributed by atoms with Gasteiger partial charge in [-0.3, -0.25) is 9.80 Å². The molecule has 1 aliphatic rings. The SMILES string of the molecule is O=C(c1ccc(Cl)cc1)N1CCCCCN1. The molecule has 1 fully saturated rings. The number of benzene rings is 1. The van der Waals surface area contributed by atoms with Gasteiger partial charge in [-0.05, 0) is 37.1 Å². The summed E-state index contributed by atoms with van der Waals surface area (Å²) in [4.78, 5) is 12.1. The van der Waals surface area contributed by atoms with Crippen LogP contribution in [0.25, 0.3) is 0 Å². The molecule has 0 radical (unpaired) electrons. The highest BCUT2D eigenvalue weighted by molar-refractivity contribution is 6.30. The molecule has 0 saturated carbocycles. The third-order valence-electron chi connectivity index (χ3n) is 2.70. The van der Waals surface area contributed by atoms with Crippen molar-refractivity contribution in [3.8, 4) is 0 Å². The van der Waals surface area contributed by atoms with Gasteiger partial charge in [-0.1, -0.05) is 18.0 Å². The van der Waals surface area contributed by atoms with Crippen molar-refractivity contribution in [1.29, 1.82) is 0 Å². The molecule has 1 aromatic carbocycles. The Morgan fingerprint density at radius 3 is 2.69 bits per heavy atom. The van der Waals surface area contributed by atoms with Crippen LogP contribution in [-0.4, -0.2) is 24.0 Å². The summed E-state index contributed by atoms with van der Waals surface area (Å²) >= 11 is 5.79. The van der Waals surface area contributed by atoms with Gasteiger partial charge in [-0.15, -0.1) is 0 Å². The molecular formula is C12H15ClN2O. The maximum Gasteiger partial charge on any atom is 0.267 e. The zero-order valence-corrected chi connectivity index (χ0v) is 9.83. The number of nitrogens with zero attached hydrogens (tertiary/aromatic N) is 1. The number of carbonyl (C=O) groups is 1. The Morgan fingerprint density at radius 2 is 1.94 bits per heavy atom. The van der Waals surface area contributed by atoms with Crippen molar-refractivity contribution in [2.45, 2.75) is 19.3 Å². The molecule has 0 unspecified atom stereocenters. The summed E-state index contributed by atoms with van der Waals surface area (Å²) in [7, 11) is 0. The molecule has 0 bridgehead atoms. The molecule has 1 aliphatic heterocycles. The molecule has 2 rings (SSSR count). The number of amides is 1. The number of hydrogen-bond donors (Lipinski definition) is 1. The average molecular weight is 239 g/mol. The minimum Gasteiger partial charge on any atom is -0.274 e. The first-order chi connectivity index (χ1) is 7.77. The van der Waals surface area contributed by atoms with Crippen molar-refractivity contribution in [2.24, 2.45) is 0 Å². The van der Waals surface area contributed by atoms with Gasteiger partial charge in [0.15, 0.2) is 0 Å². The van der Waals surface area contributed by atoms with Gasteiger partial charge in [0.1, 0.15) is 0 Å². The first kappa shape index (κ1) is 11.4. The Kier molecular flexibility index (Phi) is 3.80. The topological polar surface area (TPSA) is 32.3 Å². The van der Waals surface area contributed by atoms with Gasteiger partial charge in [0, 0.05) is 23.7 Å². The van der Waals surface area contributed by atoms with Crippen LogP contribution < -0.4 is 5.43 Å². The number of hydrazine groups is 1. The fraction of sp³-hybridized carbons (Fsp3) is 0.417. The second-order valence-electron chi connectivity index (χ2n) is 3.93. The van der Waals surface area contributed by atoms with Crippen molar-refractivity contribution >= 4 is 17.5 Å². The first-order valence-corrected chi connectivity index (χ1v) is 5.96. The zero-order valence-electron chi connectivity index (χ0n) is 9.08. The molecule has 16 heavy (non-hydrogen) atoms. The highest BCUT2D eigenvalue weighted by Crippen LogP contribution is 2.12. The summed E-state index contributed by atoms with van der Waals surface area (Å²) in [6, 6.07) is 7.01. The lowest BCUT2D eigenvalue weighted by Gasteiger charge is -2.20. The van der Waals surface area contributed by atoms with E-state index in [4.69, 9.17) is 11.6 Å². The lowest BCUT2D eigenvalue weighted by atomic mass is 10.2. The summed E-state index contributed by atoms with van der Waals surface area (Å²) in [5.74, 6) is 0.0265. The predicted octanol–water partition coefficient (Wildman–Crippen LogP) is 2.47. The van der Waals surface area contributed by atoms with Gasteiger partial charge >= 0.3 is 0 Å². The molecule has 1 heterocycles. The first-order valence-electron chi connectivity index (χ1n) is 5.58. The Bertz CT molecular complexity index is 356. The molecule has 1 saturated heterocycles. The van der Waals surface area contributed by atoms with Gasteiger partial charge in [-0.2, -0.15) is 0 Å².